The van der Waals surface area contributed by atoms with Gasteiger partial charge in [0.15, 0.2) is 11.2 Å². The average molecular weight is 225 g/mol. The summed E-state index contributed by atoms with van der Waals surface area (Å²) in [5.74, 6) is 0.803. The third-order valence-electron chi connectivity index (χ3n) is 2.56. The molecule has 17 heavy (non-hydrogen) atoms. The molecule has 0 unspecified atom stereocenters. The molecule has 0 atom stereocenters. The second kappa shape index (κ2) is 3.93. The summed E-state index contributed by atoms with van der Waals surface area (Å²) in [5.41, 5.74) is 2.42. The smallest absolute Gasteiger partial charge is 0.187 e. The first-order valence-electron chi connectivity index (χ1n) is 5.51. The van der Waals surface area contributed by atoms with Gasteiger partial charge >= 0.3 is 0 Å². The number of hydrogen-bond acceptors (Lipinski definition) is 4. The van der Waals surface area contributed by atoms with E-state index in [4.69, 9.17) is 0 Å². The van der Waals surface area contributed by atoms with Gasteiger partial charge in [0.1, 0.15) is 5.82 Å². The lowest BCUT2D eigenvalue weighted by atomic mass is 10.3. The first kappa shape index (κ1) is 9.89. The van der Waals surface area contributed by atoms with Crippen molar-refractivity contribution in [2.24, 2.45) is 0 Å². The molecule has 0 spiro atoms. The number of rotatable bonds is 2. The van der Waals surface area contributed by atoms with Crippen molar-refractivity contribution in [2.75, 3.05) is 0 Å². The lowest BCUT2D eigenvalue weighted by Gasteiger charge is -2.01. The van der Waals surface area contributed by atoms with Crippen LogP contribution in [0.2, 0.25) is 0 Å². The molecular weight excluding hydrogens is 214 g/mol. The number of aromatic nitrogens is 5. The van der Waals surface area contributed by atoms with Crippen molar-refractivity contribution in [1.82, 2.24) is 25.0 Å². The maximum Gasteiger partial charge on any atom is 0.187 e. The second-order valence-corrected chi connectivity index (χ2v) is 3.69. The molecule has 0 amide bonds. The first-order chi connectivity index (χ1) is 8.38. The molecule has 84 valence electrons. The van der Waals surface area contributed by atoms with Gasteiger partial charge in [0.05, 0.1) is 11.9 Å². The molecule has 0 saturated heterocycles. The maximum absolute atomic E-state index is 4.46. The quantitative estimate of drug-likeness (QED) is 0.667. The summed E-state index contributed by atoms with van der Waals surface area (Å²) in [6, 6.07) is 9.84. The van der Waals surface area contributed by atoms with Crippen molar-refractivity contribution in [2.45, 2.75) is 13.3 Å². The summed E-state index contributed by atoms with van der Waals surface area (Å²) in [7, 11) is 0. The molecule has 0 aliphatic rings. The van der Waals surface area contributed by atoms with Gasteiger partial charge in [-0.2, -0.15) is 4.68 Å². The predicted octanol–water partition coefficient (Wildman–Crippen LogP) is 1.77. The highest BCUT2D eigenvalue weighted by atomic mass is 15.4. The summed E-state index contributed by atoms with van der Waals surface area (Å²) in [5, 5.41) is 8.16. The van der Waals surface area contributed by atoms with Crippen molar-refractivity contribution in [3.8, 4) is 5.69 Å². The molecule has 5 nitrogen and oxygen atoms in total. The summed E-state index contributed by atoms with van der Waals surface area (Å²) < 4.78 is 1.73. The largest absolute Gasteiger partial charge is 0.239 e. The van der Waals surface area contributed by atoms with Crippen LogP contribution in [0.1, 0.15) is 12.7 Å². The molecule has 2 aromatic heterocycles. The summed E-state index contributed by atoms with van der Waals surface area (Å²) >= 11 is 0. The number of benzene rings is 1. The van der Waals surface area contributed by atoms with Gasteiger partial charge in [-0.25, -0.2) is 9.97 Å². The molecule has 0 fully saturated rings. The normalized spacial score (nSPS) is 10.9. The molecule has 3 aromatic rings. The molecule has 0 radical (unpaired) electrons. The third kappa shape index (κ3) is 1.65. The number of para-hydroxylation sites is 1. The zero-order valence-electron chi connectivity index (χ0n) is 9.41. The third-order valence-corrected chi connectivity index (χ3v) is 2.56. The molecule has 0 bridgehead atoms. The molecule has 2 heterocycles. The van der Waals surface area contributed by atoms with E-state index < -0.39 is 0 Å². The Morgan fingerprint density at radius 3 is 2.76 bits per heavy atom. The van der Waals surface area contributed by atoms with Crippen LogP contribution >= 0.6 is 0 Å². The van der Waals surface area contributed by atoms with Crippen molar-refractivity contribution in [3.05, 3.63) is 42.4 Å². The van der Waals surface area contributed by atoms with E-state index in [-0.39, 0.29) is 0 Å². The van der Waals surface area contributed by atoms with Crippen LogP contribution in [-0.4, -0.2) is 25.0 Å². The van der Waals surface area contributed by atoms with E-state index in [1.807, 2.05) is 37.3 Å². The first-order valence-corrected chi connectivity index (χ1v) is 5.51. The zero-order valence-corrected chi connectivity index (χ0v) is 9.41. The fourth-order valence-corrected chi connectivity index (χ4v) is 1.68. The number of nitrogens with zero attached hydrogens (tertiary/aromatic N) is 5. The van der Waals surface area contributed by atoms with Gasteiger partial charge in [0.25, 0.3) is 0 Å². The van der Waals surface area contributed by atoms with E-state index in [1.54, 1.807) is 10.9 Å². The standard InChI is InChI=1S/C12H11N5/c1-2-11-13-8-10-12(14-11)17(16-15-10)9-6-4-3-5-7-9/h3-8H,2H2,1H3. The van der Waals surface area contributed by atoms with E-state index in [2.05, 4.69) is 20.3 Å². The maximum atomic E-state index is 4.46. The van der Waals surface area contributed by atoms with Crippen LogP contribution in [0.5, 0.6) is 0 Å². The molecule has 0 aliphatic heterocycles. The Bertz CT molecular complexity index is 644. The van der Waals surface area contributed by atoms with Crippen molar-refractivity contribution >= 4 is 11.2 Å². The SMILES string of the molecule is CCc1ncc2nnn(-c3ccccc3)c2n1. The molecule has 1 aromatic carbocycles. The Labute approximate surface area is 98.1 Å². The fraction of sp³-hybridized carbons (Fsp3) is 0.167. The summed E-state index contributed by atoms with van der Waals surface area (Å²) in [4.78, 5) is 8.66. The van der Waals surface area contributed by atoms with Gasteiger partial charge in [-0.15, -0.1) is 5.10 Å². The number of aryl methyl sites for hydroxylation is 1. The molecular formula is C12H11N5. The van der Waals surface area contributed by atoms with Gasteiger partial charge < -0.3 is 0 Å². The van der Waals surface area contributed by atoms with Gasteiger partial charge in [-0.05, 0) is 12.1 Å². The fourth-order valence-electron chi connectivity index (χ4n) is 1.68. The zero-order chi connectivity index (χ0) is 11.7. The van der Waals surface area contributed by atoms with Gasteiger partial charge in [0, 0.05) is 6.42 Å². The van der Waals surface area contributed by atoms with E-state index >= 15 is 0 Å². The van der Waals surface area contributed by atoms with Crippen LogP contribution in [0, 0.1) is 0 Å². The summed E-state index contributed by atoms with van der Waals surface area (Å²) in [6.07, 6.45) is 2.52. The van der Waals surface area contributed by atoms with Crippen LogP contribution in [0.3, 0.4) is 0 Å². The molecule has 5 heteroatoms. The lowest BCUT2D eigenvalue weighted by molar-refractivity contribution is 0.813. The molecule has 0 aliphatic carbocycles. The monoisotopic (exact) mass is 225 g/mol. The second-order valence-electron chi connectivity index (χ2n) is 3.69. The molecule has 3 rings (SSSR count). The molecule has 0 saturated carbocycles. The molecule has 0 N–H and O–H groups in total. The van der Waals surface area contributed by atoms with Crippen LogP contribution in [0.15, 0.2) is 36.5 Å². The Hall–Kier alpha value is -2.30. The van der Waals surface area contributed by atoms with E-state index in [9.17, 15) is 0 Å². The minimum Gasteiger partial charge on any atom is -0.239 e. The van der Waals surface area contributed by atoms with Gasteiger partial charge in [0.2, 0.25) is 0 Å². The van der Waals surface area contributed by atoms with Crippen molar-refractivity contribution in [1.29, 1.82) is 0 Å². The Balaban J connectivity index is 2.23. The van der Waals surface area contributed by atoms with E-state index in [0.29, 0.717) is 5.52 Å². The average Bonchev–Trinajstić information content (AvgIpc) is 2.82. The highest BCUT2D eigenvalue weighted by Crippen LogP contribution is 2.13. The number of hydrogen-bond donors (Lipinski definition) is 0. The van der Waals surface area contributed by atoms with Crippen LogP contribution in [0.25, 0.3) is 16.9 Å². The Kier molecular flexibility index (Phi) is 2.29. The summed E-state index contributed by atoms with van der Waals surface area (Å²) in [6.45, 7) is 2.03. The topological polar surface area (TPSA) is 56.5 Å². The van der Waals surface area contributed by atoms with E-state index in [0.717, 1.165) is 23.6 Å². The van der Waals surface area contributed by atoms with E-state index in [1.165, 1.54) is 0 Å². The lowest BCUT2D eigenvalue weighted by Crippen LogP contribution is -1.99. The van der Waals surface area contributed by atoms with Crippen LogP contribution in [-0.2, 0) is 6.42 Å². The van der Waals surface area contributed by atoms with Crippen LogP contribution in [0.4, 0.5) is 0 Å². The highest BCUT2D eigenvalue weighted by molar-refractivity contribution is 5.70. The highest BCUT2D eigenvalue weighted by Gasteiger charge is 2.08. The Morgan fingerprint density at radius 2 is 2.00 bits per heavy atom. The number of fused-ring (bicyclic) bond motifs is 1. The predicted molar refractivity (Wildman–Crippen MR) is 63.8 cm³/mol. The minimum absolute atomic E-state index is 0.714. The van der Waals surface area contributed by atoms with Crippen LogP contribution < -0.4 is 0 Å². The van der Waals surface area contributed by atoms with Gasteiger partial charge in [-0.1, -0.05) is 30.3 Å². The van der Waals surface area contributed by atoms with Crippen molar-refractivity contribution in [3.63, 3.8) is 0 Å². The minimum atomic E-state index is 0.714. The van der Waals surface area contributed by atoms with Gasteiger partial charge in [-0.3, -0.25) is 0 Å². The van der Waals surface area contributed by atoms with Crippen molar-refractivity contribution < 1.29 is 0 Å². The Morgan fingerprint density at radius 1 is 1.18 bits per heavy atom.